The van der Waals surface area contributed by atoms with Crippen molar-refractivity contribution in [2.24, 2.45) is 0 Å². The lowest BCUT2D eigenvalue weighted by molar-refractivity contribution is -0.138. The monoisotopic (exact) mass is 455 g/mol. The van der Waals surface area contributed by atoms with E-state index in [-0.39, 0.29) is 11.8 Å². The van der Waals surface area contributed by atoms with Gasteiger partial charge in [-0.05, 0) is 43.0 Å². The van der Waals surface area contributed by atoms with Crippen molar-refractivity contribution >= 4 is 17.5 Å². The molecule has 0 aromatic heterocycles. The Morgan fingerprint density at radius 3 is 2.06 bits per heavy atom. The number of benzene rings is 3. The molecule has 3 aromatic rings. The predicted octanol–water partition coefficient (Wildman–Crippen LogP) is 4.34. The third kappa shape index (κ3) is 5.72. The largest absolute Gasteiger partial charge is 0.339 e. The Balaban J connectivity index is 1.30. The second-order valence-electron chi connectivity index (χ2n) is 9.43. The van der Waals surface area contributed by atoms with E-state index >= 15 is 0 Å². The van der Waals surface area contributed by atoms with Gasteiger partial charge in [0.2, 0.25) is 11.8 Å². The van der Waals surface area contributed by atoms with Crippen LogP contribution < -0.4 is 5.32 Å². The quantitative estimate of drug-likeness (QED) is 0.577. The van der Waals surface area contributed by atoms with Crippen LogP contribution in [0.3, 0.4) is 0 Å². The fourth-order valence-corrected chi connectivity index (χ4v) is 4.49. The van der Waals surface area contributed by atoms with E-state index in [1.165, 1.54) is 5.56 Å². The van der Waals surface area contributed by atoms with Crippen LogP contribution >= 0.6 is 0 Å². The molecule has 5 nitrogen and oxygen atoms in total. The first-order valence-corrected chi connectivity index (χ1v) is 11.9. The zero-order valence-corrected chi connectivity index (χ0v) is 20.0. The van der Waals surface area contributed by atoms with Crippen molar-refractivity contribution in [3.63, 3.8) is 0 Å². The highest BCUT2D eigenvalue weighted by Crippen LogP contribution is 2.26. The van der Waals surface area contributed by atoms with E-state index in [4.69, 9.17) is 0 Å². The highest BCUT2D eigenvalue weighted by atomic mass is 16.2. The summed E-state index contributed by atoms with van der Waals surface area (Å²) in [7, 11) is 0. The molecule has 2 amide bonds. The average Bonchev–Trinajstić information content (AvgIpc) is 2.86. The van der Waals surface area contributed by atoms with Crippen LogP contribution in [0.5, 0.6) is 0 Å². The van der Waals surface area contributed by atoms with Crippen LogP contribution in [0, 0.1) is 0 Å². The van der Waals surface area contributed by atoms with Gasteiger partial charge < -0.3 is 10.2 Å². The van der Waals surface area contributed by atoms with E-state index in [2.05, 4.69) is 28.4 Å². The first kappa shape index (κ1) is 23.7. The third-order valence-corrected chi connectivity index (χ3v) is 6.59. The molecule has 0 unspecified atom stereocenters. The second-order valence-corrected chi connectivity index (χ2v) is 9.43. The molecule has 0 saturated carbocycles. The summed E-state index contributed by atoms with van der Waals surface area (Å²) in [6.45, 7) is 6.93. The smallest absolute Gasteiger partial charge is 0.238 e. The normalized spacial score (nSPS) is 14.6. The molecule has 176 valence electrons. The van der Waals surface area contributed by atoms with E-state index in [0.717, 1.165) is 23.2 Å². The van der Waals surface area contributed by atoms with Crippen molar-refractivity contribution in [1.82, 2.24) is 9.80 Å². The molecule has 1 aliphatic heterocycles. The lowest BCUT2D eigenvalue weighted by Crippen LogP contribution is -2.54. The Labute approximate surface area is 202 Å². The number of piperazine rings is 1. The van der Waals surface area contributed by atoms with Gasteiger partial charge in [-0.1, -0.05) is 78.9 Å². The number of nitrogens with one attached hydrogen (secondary N) is 1. The van der Waals surface area contributed by atoms with Crippen LogP contribution in [0.25, 0.3) is 0 Å². The van der Waals surface area contributed by atoms with Gasteiger partial charge in [0.25, 0.3) is 0 Å². The first-order chi connectivity index (χ1) is 16.4. The number of carbonyl (C=O) groups excluding carboxylic acids is 2. The summed E-state index contributed by atoms with van der Waals surface area (Å²) < 4.78 is 0. The minimum absolute atomic E-state index is 0.0232. The summed E-state index contributed by atoms with van der Waals surface area (Å²) in [4.78, 5) is 30.1. The fraction of sp³-hybridized carbons (Fsp3) is 0.310. The summed E-state index contributed by atoms with van der Waals surface area (Å²) >= 11 is 0. The summed E-state index contributed by atoms with van der Waals surface area (Å²) in [5.74, 6) is 0.113. The van der Waals surface area contributed by atoms with E-state index in [1.54, 1.807) is 0 Å². The molecule has 5 heteroatoms. The number of amides is 2. The zero-order chi connectivity index (χ0) is 24.0. The van der Waals surface area contributed by atoms with Gasteiger partial charge in [0.1, 0.15) is 0 Å². The Hall–Kier alpha value is -3.44. The molecule has 1 heterocycles. The summed E-state index contributed by atoms with van der Waals surface area (Å²) in [5, 5.41) is 3.10. The van der Waals surface area contributed by atoms with Crippen LogP contribution in [0.15, 0.2) is 84.9 Å². The van der Waals surface area contributed by atoms with Crippen molar-refractivity contribution in [2.75, 3.05) is 38.0 Å². The second kappa shape index (κ2) is 10.7. The van der Waals surface area contributed by atoms with E-state index in [9.17, 15) is 9.59 Å². The number of anilines is 1. The van der Waals surface area contributed by atoms with Crippen molar-refractivity contribution in [3.8, 4) is 0 Å². The molecule has 34 heavy (non-hydrogen) atoms. The summed E-state index contributed by atoms with van der Waals surface area (Å²) in [6.07, 6.45) is 0.773. The minimum Gasteiger partial charge on any atom is -0.339 e. The maximum absolute atomic E-state index is 13.2. The number of para-hydroxylation sites is 1. The van der Waals surface area contributed by atoms with Crippen molar-refractivity contribution in [1.29, 1.82) is 0 Å². The number of hydrogen-bond donors (Lipinski definition) is 1. The van der Waals surface area contributed by atoms with Crippen LogP contribution in [-0.2, 0) is 21.4 Å². The maximum Gasteiger partial charge on any atom is 0.238 e. The topological polar surface area (TPSA) is 52.7 Å². The number of nitrogens with zero attached hydrogens (tertiary/aromatic N) is 2. The van der Waals surface area contributed by atoms with Crippen LogP contribution in [0.4, 0.5) is 5.69 Å². The minimum atomic E-state index is -0.566. The molecule has 0 atom stereocenters. The molecule has 1 fully saturated rings. The van der Waals surface area contributed by atoms with E-state index in [1.807, 2.05) is 85.5 Å². The highest BCUT2D eigenvalue weighted by molar-refractivity contribution is 5.93. The molecular weight excluding hydrogens is 422 g/mol. The van der Waals surface area contributed by atoms with Gasteiger partial charge in [-0.3, -0.25) is 14.5 Å². The molecule has 0 aliphatic carbocycles. The van der Waals surface area contributed by atoms with Gasteiger partial charge in [0, 0.05) is 31.9 Å². The first-order valence-electron chi connectivity index (χ1n) is 11.9. The van der Waals surface area contributed by atoms with Crippen LogP contribution in [0.2, 0.25) is 0 Å². The van der Waals surface area contributed by atoms with Crippen molar-refractivity contribution in [2.45, 2.75) is 25.7 Å². The van der Waals surface area contributed by atoms with Gasteiger partial charge >= 0.3 is 0 Å². The van der Waals surface area contributed by atoms with Crippen molar-refractivity contribution in [3.05, 3.63) is 102 Å². The Morgan fingerprint density at radius 1 is 0.794 bits per heavy atom. The number of rotatable bonds is 7. The van der Waals surface area contributed by atoms with Gasteiger partial charge in [0.15, 0.2) is 0 Å². The predicted molar refractivity (Wildman–Crippen MR) is 137 cm³/mol. The van der Waals surface area contributed by atoms with Gasteiger partial charge in [-0.25, -0.2) is 0 Å². The Kier molecular flexibility index (Phi) is 7.43. The molecule has 1 N–H and O–H groups in total. The van der Waals surface area contributed by atoms with E-state index in [0.29, 0.717) is 32.7 Å². The number of hydrogen-bond acceptors (Lipinski definition) is 3. The average molecular weight is 456 g/mol. The van der Waals surface area contributed by atoms with E-state index < -0.39 is 5.41 Å². The summed E-state index contributed by atoms with van der Waals surface area (Å²) in [5.41, 5.74) is 3.62. The molecule has 0 spiro atoms. The summed E-state index contributed by atoms with van der Waals surface area (Å²) in [6, 6.07) is 28.1. The Bertz CT molecular complexity index is 1100. The molecule has 4 rings (SSSR count). The van der Waals surface area contributed by atoms with Gasteiger partial charge in [-0.2, -0.15) is 0 Å². The van der Waals surface area contributed by atoms with Gasteiger partial charge in [0.05, 0.1) is 12.0 Å². The van der Waals surface area contributed by atoms with Gasteiger partial charge in [-0.15, -0.1) is 0 Å². The number of carbonyl (C=O) groups is 2. The van der Waals surface area contributed by atoms with Crippen LogP contribution in [0.1, 0.15) is 30.5 Å². The lowest BCUT2D eigenvalue weighted by Gasteiger charge is -2.38. The zero-order valence-electron chi connectivity index (χ0n) is 20.0. The van der Waals surface area contributed by atoms with Crippen LogP contribution in [-0.4, -0.2) is 54.3 Å². The maximum atomic E-state index is 13.2. The molecule has 0 radical (unpaired) electrons. The molecule has 1 saturated heterocycles. The molecule has 0 bridgehead atoms. The highest BCUT2D eigenvalue weighted by Gasteiger charge is 2.35. The van der Waals surface area contributed by atoms with Crippen molar-refractivity contribution < 1.29 is 9.59 Å². The fourth-order valence-electron chi connectivity index (χ4n) is 4.49. The SMILES string of the molecule is CC(C)(C(=O)N1CCN(CC(=O)Nc2ccccc2Cc2ccccc2)CC1)c1ccccc1. The Morgan fingerprint density at radius 2 is 1.38 bits per heavy atom. The molecule has 3 aromatic carbocycles. The lowest BCUT2D eigenvalue weighted by atomic mass is 9.83. The molecular formula is C29H33N3O2. The third-order valence-electron chi connectivity index (χ3n) is 6.59. The molecule has 1 aliphatic rings. The standard InChI is InChI=1S/C29H33N3O2/c1-29(2,25-14-7-4-8-15-25)28(34)32-19-17-31(18-20-32)22-27(33)30-26-16-10-9-13-24(26)21-23-11-5-3-6-12-23/h3-16H,17-22H2,1-2H3,(H,30,33).